The molecule has 1 aromatic heterocycles. The minimum absolute atomic E-state index is 0.0472. The van der Waals surface area contributed by atoms with Crippen LogP contribution < -0.4 is 10.2 Å². The van der Waals surface area contributed by atoms with Gasteiger partial charge in [0.2, 0.25) is 0 Å². The first-order chi connectivity index (χ1) is 12.3. The summed E-state index contributed by atoms with van der Waals surface area (Å²) in [5.74, 6) is 1.92. The van der Waals surface area contributed by atoms with Gasteiger partial charge < -0.3 is 9.88 Å². The minimum atomic E-state index is -0.0472. The van der Waals surface area contributed by atoms with Crippen LogP contribution in [0.25, 0.3) is 0 Å². The van der Waals surface area contributed by atoms with E-state index in [1.54, 1.807) is 0 Å². The van der Waals surface area contributed by atoms with E-state index in [1.807, 2.05) is 4.90 Å². The topological polar surface area (TPSA) is 63.1 Å². The van der Waals surface area contributed by atoms with Crippen molar-refractivity contribution in [3.63, 3.8) is 0 Å². The summed E-state index contributed by atoms with van der Waals surface area (Å²) in [6.45, 7) is 4.29. The van der Waals surface area contributed by atoms with E-state index in [9.17, 15) is 4.79 Å². The number of urea groups is 1. The van der Waals surface area contributed by atoms with Gasteiger partial charge in [0.15, 0.2) is 5.82 Å². The molecule has 3 heterocycles. The Labute approximate surface area is 148 Å². The van der Waals surface area contributed by atoms with Crippen molar-refractivity contribution < 1.29 is 4.79 Å². The Bertz CT molecular complexity index is 782. The Kier molecular flexibility index (Phi) is 4.42. The Hall–Kier alpha value is -2.37. The molecule has 0 saturated carbocycles. The molecule has 4 rings (SSSR count). The lowest BCUT2D eigenvalue weighted by molar-refractivity contribution is 0.246. The third kappa shape index (κ3) is 3.13. The number of nitrogens with one attached hydrogen (secondary N) is 1. The lowest BCUT2D eigenvalue weighted by atomic mass is 10.1. The van der Waals surface area contributed by atoms with Crippen molar-refractivity contribution >= 4 is 11.7 Å². The van der Waals surface area contributed by atoms with Crippen LogP contribution in [0.1, 0.15) is 49.0 Å². The van der Waals surface area contributed by atoms with E-state index in [4.69, 9.17) is 0 Å². The van der Waals surface area contributed by atoms with Crippen LogP contribution in [0.5, 0.6) is 0 Å². The standard InChI is InChI=1S/C19H25N5O/c1-2-14-7-8-16-15(12-14)9-11-23(16)19(25)20-13-18-22-21-17-6-4-3-5-10-24(17)18/h7-8,12H,2-6,9-11,13H2,1H3,(H,20,25). The van der Waals surface area contributed by atoms with Crippen molar-refractivity contribution in [1.82, 2.24) is 20.1 Å². The Balaban J connectivity index is 1.43. The summed E-state index contributed by atoms with van der Waals surface area (Å²) in [6.07, 6.45) is 6.51. The van der Waals surface area contributed by atoms with Crippen molar-refractivity contribution in [3.8, 4) is 0 Å². The highest BCUT2D eigenvalue weighted by Crippen LogP contribution is 2.29. The molecule has 2 aliphatic heterocycles. The fraction of sp³-hybridized carbons (Fsp3) is 0.526. The highest BCUT2D eigenvalue weighted by atomic mass is 16.2. The number of rotatable bonds is 3. The number of aromatic nitrogens is 3. The molecule has 0 unspecified atom stereocenters. The monoisotopic (exact) mass is 339 g/mol. The van der Waals surface area contributed by atoms with E-state index >= 15 is 0 Å². The second kappa shape index (κ2) is 6.86. The van der Waals surface area contributed by atoms with Crippen LogP contribution in [0.15, 0.2) is 18.2 Å². The number of hydrogen-bond acceptors (Lipinski definition) is 3. The Morgan fingerprint density at radius 2 is 2.08 bits per heavy atom. The summed E-state index contributed by atoms with van der Waals surface area (Å²) < 4.78 is 2.18. The van der Waals surface area contributed by atoms with Crippen molar-refractivity contribution in [2.24, 2.45) is 0 Å². The fourth-order valence-corrected chi connectivity index (χ4v) is 3.81. The molecule has 0 fully saturated rings. The molecule has 25 heavy (non-hydrogen) atoms. The molecule has 2 aromatic rings. The summed E-state index contributed by atoms with van der Waals surface area (Å²) >= 11 is 0. The quantitative estimate of drug-likeness (QED) is 0.935. The summed E-state index contributed by atoms with van der Waals surface area (Å²) in [6, 6.07) is 6.36. The van der Waals surface area contributed by atoms with Gasteiger partial charge in [0, 0.05) is 25.2 Å². The molecule has 6 nitrogen and oxygen atoms in total. The molecule has 0 saturated heterocycles. The fourth-order valence-electron chi connectivity index (χ4n) is 3.81. The predicted octanol–water partition coefficient (Wildman–Crippen LogP) is 2.84. The van der Waals surface area contributed by atoms with Gasteiger partial charge >= 0.3 is 6.03 Å². The van der Waals surface area contributed by atoms with E-state index in [-0.39, 0.29) is 6.03 Å². The number of amides is 2. The van der Waals surface area contributed by atoms with Gasteiger partial charge in [0.25, 0.3) is 0 Å². The molecule has 0 atom stereocenters. The minimum Gasteiger partial charge on any atom is -0.330 e. The smallest absolute Gasteiger partial charge is 0.322 e. The van der Waals surface area contributed by atoms with Crippen molar-refractivity contribution in [3.05, 3.63) is 41.0 Å². The molecule has 0 aliphatic carbocycles. The number of hydrogen-bond donors (Lipinski definition) is 1. The van der Waals surface area contributed by atoms with Crippen LogP contribution >= 0.6 is 0 Å². The third-order valence-corrected chi connectivity index (χ3v) is 5.28. The average molecular weight is 339 g/mol. The number of nitrogens with zero attached hydrogens (tertiary/aromatic N) is 4. The molecule has 0 bridgehead atoms. The van der Waals surface area contributed by atoms with E-state index in [1.165, 1.54) is 24.0 Å². The van der Waals surface area contributed by atoms with Gasteiger partial charge in [-0.15, -0.1) is 10.2 Å². The zero-order chi connectivity index (χ0) is 17.2. The van der Waals surface area contributed by atoms with E-state index in [0.717, 1.165) is 56.1 Å². The number of aryl methyl sites for hydroxylation is 2. The molecular formula is C19H25N5O. The second-order valence-electron chi connectivity index (χ2n) is 6.87. The predicted molar refractivity (Wildman–Crippen MR) is 96.7 cm³/mol. The number of fused-ring (bicyclic) bond motifs is 2. The van der Waals surface area contributed by atoms with Crippen molar-refractivity contribution in [2.45, 2.75) is 58.5 Å². The largest absolute Gasteiger partial charge is 0.330 e. The molecule has 2 aliphatic rings. The summed E-state index contributed by atoms with van der Waals surface area (Å²) in [5.41, 5.74) is 3.63. The zero-order valence-corrected chi connectivity index (χ0v) is 14.8. The van der Waals surface area contributed by atoms with E-state index in [2.05, 4.69) is 45.2 Å². The molecule has 0 radical (unpaired) electrons. The van der Waals surface area contributed by atoms with Gasteiger partial charge in [-0.3, -0.25) is 4.90 Å². The van der Waals surface area contributed by atoms with Crippen molar-refractivity contribution in [1.29, 1.82) is 0 Å². The maximum absolute atomic E-state index is 12.7. The van der Waals surface area contributed by atoms with Gasteiger partial charge in [-0.2, -0.15) is 0 Å². The SMILES string of the molecule is CCc1ccc2c(c1)CCN2C(=O)NCc1nnc2n1CCCCC2. The van der Waals surface area contributed by atoms with Gasteiger partial charge in [0.05, 0.1) is 6.54 Å². The first-order valence-corrected chi connectivity index (χ1v) is 9.34. The zero-order valence-electron chi connectivity index (χ0n) is 14.8. The molecule has 1 N–H and O–H groups in total. The molecule has 132 valence electrons. The van der Waals surface area contributed by atoms with Crippen molar-refractivity contribution in [2.75, 3.05) is 11.4 Å². The Morgan fingerprint density at radius 3 is 2.96 bits per heavy atom. The summed E-state index contributed by atoms with van der Waals surface area (Å²) in [7, 11) is 0. The maximum atomic E-state index is 12.7. The number of carbonyl (C=O) groups is 1. The molecule has 0 spiro atoms. The van der Waals surface area contributed by atoms with Crippen LogP contribution in [0, 0.1) is 0 Å². The Morgan fingerprint density at radius 1 is 1.16 bits per heavy atom. The number of anilines is 1. The lowest BCUT2D eigenvalue weighted by Gasteiger charge is -2.18. The van der Waals surface area contributed by atoms with Gasteiger partial charge in [-0.25, -0.2) is 4.79 Å². The van der Waals surface area contributed by atoms with E-state index in [0.29, 0.717) is 6.54 Å². The van der Waals surface area contributed by atoms with Crippen LogP contribution in [0.4, 0.5) is 10.5 Å². The normalized spacial score (nSPS) is 16.3. The first kappa shape index (κ1) is 16.1. The van der Waals surface area contributed by atoms with Crippen LogP contribution in [0.3, 0.4) is 0 Å². The van der Waals surface area contributed by atoms with Crippen LogP contribution in [0.2, 0.25) is 0 Å². The number of carbonyl (C=O) groups excluding carboxylic acids is 1. The lowest BCUT2D eigenvalue weighted by Crippen LogP contribution is -2.39. The molecule has 2 amide bonds. The average Bonchev–Trinajstić information content (AvgIpc) is 3.15. The summed E-state index contributed by atoms with van der Waals surface area (Å²) in [4.78, 5) is 14.5. The highest BCUT2D eigenvalue weighted by Gasteiger charge is 2.25. The van der Waals surface area contributed by atoms with Gasteiger partial charge in [-0.05, 0) is 42.9 Å². The molecule has 1 aromatic carbocycles. The highest BCUT2D eigenvalue weighted by molar-refractivity contribution is 5.94. The van der Waals surface area contributed by atoms with Crippen LogP contribution in [-0.2, 0) is 32.4 Å². The maximum Gasteiger partial charge on any atom is 0.322 e. The van der Waals surface area contributed by atoms with E-state index < -0.39 is 0 Å². The first-order valence-electron chi connectivity index (χ1n) is 9.34. The third-order valence-electron chi connectivity index (χ3n) is 5.28. The molecular weight excluding hydrogens is 314 g/mol. The molecule has 6 heteroatoms. The van der Waals surface area contributed by atoms with Crippen LogP contribution in [-0.4, -0.2) is 27.3 Å². The second-order valence-corrected chi connectivity index (χ2v) is 6.87. The van der Waals surface area contributed by atoms with Gasteiger partial charge in [0.1, 0.15) is 5.82 Å². The summed E-state index contributed by atoms with van der Waals surface area (Å²) in [5, 5.41) is 11.6. The van der Waals surface area contributed by atoms with Gasteiger partial charge in [-0.1, -0.05) is 25.5 Å². The number of benzene rings is 1.